The second-order valence-electron chi connectivity index (χ2n) is 6.90. The van der Waals surface area contributed by atoms with E-state index in [0.29, 0.717) is 5.92 Å². The highest BCUT2D eigenvalue weighted by molar-refractivity contribution is 5.47. The number of nitrogens with zero attached hydrogens (tertiary/aromatic N) is 2. The van der Waals surface area contributed by atoms with Gasteiger partial charge >= 0.3 is 0 Å². The summed E-state index contributed by atoms with van der Waals surface area (Å²) in [7, 11) is 0. The van der Waals surface area contributed by atoms with Gasteiger partial charge in [0, 0.05) is 25.8 Å². The molecule has 0 aromatic carbocycles. The molecule has 3 heteroatoms. The van der Waals surface area contributed by atoms with E-state index in [1.807, 2.05) is 6.20 Å². The van der Waals surface area contributed by atoms with Crippen LogP contribution in [0.4, 0.5) is 5.82 Å². The summed E-state index contributed by atoms with van der Waals surface area (Å²) in [5, 5.41) is 3.49. The molecule has 0 saturated heterocycles. The summed E-state index contributed by atoms with van der Waals surface area (Å²) >= 11 is 0. The second-order valence-corrected chi connectivity index (χ2v) is 6.90. The van der Waals surface area contributed by atoms with Crippen molar-refractivity contribution in [2.24, 2.45) is 11.8 Å². The molecule has 21 heavy (non-hydrogen) atoms. The predicted molar refractivity (Wildman–Crippen MR) is 90.7 cm³/mol. The molecule has 2 rings (SSSR count). The zero-order valence-electron chi connectivity index (χ0n) is 14.2. The largest absolute Gasteiger partial charge is 0.356 e. The molecule has 0 radical (unpaired) electrons. The van der Waals surface area contributed by atoms with Crippen molar-refractivity contribution in [3.05, 3.63) is 23.4 Å². The highest BCUT2D eigenvalue weighted by Crippen LogP contribution is 2.31. The summed E-state index contributed by atoms with van der Waals surface area (Å²) in [6.07, 6.45) is 6.03. The van der Waals surface area contributed by atoms with E-state index in [2.05, 4.69) is 44.0 Å². The van der Waals surface area contributed by atoms with Crippen LogP contribution >= 0.6 is 0 Å². The van der Waals surface area contributed by atoms with Crippen LogP contribution in [0.2, 0.25) is 0 Å². The second kappa shape index (κ2) is 7.79. The third kappa shape index (κ3) is 5.31. The van der Waals surface area contributed by atoms with Crippen molar-refractivity contribution in [2.75, 3.05) is 24.5 Å². The summed E-state index contributed by atoms with van der Waals surface area (Å²) < 4.78 is 0. The number of aromatic nitrogens is 1. The fourth-order valence-electron chi connectivity index (χ4n) is 2.72. The molecule has 0 bridgehead atoms. The van der Waals surface area contributed by atoms with Crippen LogP contribution in [-0.2, 0) is 6.54 Å². The minimum Gasteiger partial charge on any atom is -0.356 e. The third-order valence-electron chi connectivity index (χ3n) is 3.96. The Morgan fingerprint density at radius 1 is 1.38 bits per heavy atom. The monoisotopic (exact) mass is 289 g/mol. The molecule has 1 heterocycles. The quantitative estimate of drug-likeness (QED) is 0.750. The Kier molecular flexibility index (Phi) is 6.04. The van der Waals surface area contributed by atoms with E-state index >= 15 is 0 Å². The Bertz CT molecular complexity index is 438. The molecule has 1 fully saturated rings. The molecule has 1 aliphatic carbocycles. The molecule has 0 unspecified atom stereocenters. The van der Waals surface area contributed by atoms with Crippen LogP contribution in [0.15, 0.2) is 12.3 Å². The number of hydrogen-bond donors (Lipinski definition) is 1. The zero-order chi connectivity index (χ0) is 15.2. The van der Waals surface area contributed by atoms with Gasteiger partial charge in [-0.3, -0.25) is 0 Å². The zero-order valence-corrected chi connectivity index (χ0v) is 14.2. The summed E-state index contributed by atoms with van der Waals surface area (Å²) in [4.78, 5) is 7.25. The van der Waals surface area contributed by atoms with Crippen molar-refractivity contribution in [3.63, 3.8) is 0 Å². The number of aryl methyl sites for hydroxylation is 1. The van der Waals surface area contributed by atoms with Gasteiger partial charge in [-0.2, -0.15) is 0 Å². The van der Waals surface area contributed by atoms with Gasteiger partial charge in [0.05, 0.1) is 0 Å². The molecule has 1 aromatic heterocycles. The third-order valence-corrected chi connectivity index (χ3v) is 3.96. The number of hydrogen-bond acceptors (Lipinski definition) is 3. The maximum Gasteiger partial charge on any atom is 0.131 e. The van der Waals surface area contributed by atoms with Gasteiger partial charge in [0.15, 0.2) is 0 Å². The van der Waals surface area contributed by atoms with Gasteiger partial charge in [0.1, 0.15) is 5.82 Å². The number of pyridine rings is 1. The molecule has 0 spiro atoms. The van der Waals surface area contributed by atoms with E-state index in [1.54, 1.807) is 0 Å². The molecule has 1 N–H and O–H groups in total. The summed E-state index contributed by atoms with van der Waals surface area (Å²) in [6, 6.07) is 2.30. The Morgan fingerprint density at radius 2 is 2.14 bits per heavy atom. The normalized spacial score (nSPS) is 14.7. The van der Waals surface area contributed by atoms with Gasteiger partial charge in [-0.25, -0.2) is 4.98 Å². The Labute approximate surface area is 130 Å². The Balaban J connectivity index is 1.98. The SMILES string of the molecule is CCCN(CC1CC1)c1ncc(CNCC(C)C)cc1C. The van der Waals surface area contributed by atoms with Crippen molar-refractivity contribution < 1.29 is 0 Å². The summed E-state index contributed by atoms with van der Waals surface area (Å²) in [5.74, 6) is 2.79. The summed E-state index contributed by atoms with van der Waals surface area (Å²) in [6.45, 7) is 13.2. The van der Waals surface area contributed by atoms with Crippen LogP contribution in [0.25, 0.3) is 0 Å². The van der Waals surface area contributed by atoms with E-state index in [0.717, 1.165) is 25.6 Å². The van der Waals surface area contributed by atoms with Crippen LogP contribution in [0, 0.1) is 18.8 Å². The highest BCUT2D eigenvalue weighted by atomic mass is 15.2. The Morgan fingerprint density at radius 3 is 2.71 bits per heavy atom. The van der Waals surface area contributed by atoms with Crippen molar-refractivity contribution in [2.45, 2.75) is 53.5 Å². The lowest BCUT2D eigenvalue weighted by Gasteiger charge is -2.25. The van der Waals surface area contributed by atoms with E-state index in [-0.39, 0.29) is 0 Å². The van der Waals surface area contributed by atoms with Gasteiger partial charge in [-0.1, -0.05) is 20.8 Å². The first-order chi connectivity index (χ1) is 10.1. The van der Waals surface area contributed by atoms with E-state index < -0.39 is 0 Å². The predicted octanol–water partition coefficient (Wildman–Crippen LogP) is 3.76. The minimum atomic E-state index is 0.692. The average Bonchev–Trinajstić information content (AvgIpc) is 3.22. The lowest BCUT2D eigenvalue weighted by Crippen LogP contribution is -2.28. The van der Waals surface area contributed by atoms with E-state index in [9.17, 15) is 0 Å². The standard InChI is InChI=1S/C18H31N3/c1-5-8-21(13-16-6-7-16)18-15(4)9-17(12-20-18)11-19-10-14(2)3/h9,12,14,16,19H,5-8,10-11,13H2,1-4H3. The average molecular weight is 289 g/mol. The van der Waals surface area contributed by atoms with Crippen molar-refractivity contribution in [1.82, 2.24) is 10.3 Å². The highest BCUT2D eigenvalue weighted by Gasteiger charge is 2.25. The summed E-state index contributed by atoms with van der Waals surface area (Å²) in [5.41, 5.74) is 2.60. The van der Waals surface area contributed by atoms with Crippen LogP contribution in [0.5, 0.6) is 0 Å². The maximum absolute atomic E-state index is 4.76. The van der Waals surface area contributed by atoms with Crippen molar-refractivity contribution in [3.8, 4) is 0 Å². The molecule has 118 valence electrons. The number of nitrogens with one attached hydrogen (secondary N) is 1. The lowest BCUT2D eigenvalue weighted by atomic mass is 10.1. The molecule has 1 aliphatic rings. The fraction of sp³-hybridized carbons (Fsp3) is 0.722. The maximum atomic E-state index is 4.76. The van der Waals surface area contributed by atoms with Crippen molar-refractivity contribution >= 4 is 5.82 Å². The molecule has 1 aromatic rings. The Hall–Kier alpha value is -1.09. The first-order valence-electron chi connectivity index (χ1n) is 8.51. The molecular weight excluding hydrogens is 258 g/mol. The number of anilines is 1. The topological polar surface area (TPSA) is 28.2 Å². The molecule has 0 atom stereocenters. The molecule has 3 nitrogen and oxygen atoms in total. The van der Waals surface area contributed by atoms with Crippen LogP contribution in [-0.4, -0.2) is 24.6 Å². The van der Waals surface area contributed by atoms with Gasteiger partial charge in [-0.05, 0) is 61.8 Å². The first-order valence-corrected chi connectivity index (χ1v) is 8.51. The van der Waals surface area contributed by atoms with Crippen LogP contribution in [0.1, 0.15) is 51.2 Å². The van der Waals surface area contributed by atoms with Crippen LogP contribution in [0.3, 0.4) is 0 Å². The molecule has 1 saturated carbocycles. The van der Waals surface area contributed by atoms with Gasteiger partial charge in [-0.15, -0.1) is 0 Å². The van der Waals surface area contributed by atoms with E-state index in [4.69, 9.17) is 4.98 Å². The van der Waals surface area contributed by atoms with Gasteiger partial charge in [0.25, 0.3) is 0 Å². The van der Waals surface area contributed by atoms with Crippen LogP contribution < -0.4 is 10.2 Å². The van der Waals surface area contributed by atoms with Gasteiger partial charge in [0.2, 0.25) is 0 Å². The molecule has 0 amide bonds. The first kappa shape index (κ1) is 16.3. The number of rotatable bonds is 9. The van der Waals surface area contributed by atoms with Crippen molar-refractivity contribution in [1.29, 1.82) is 0 Å². The fourth-order valence-corrected chi connectivity index (χ4v) is 2.72. The molecule has 0 aliphatic heterocycles. The minimum absolute atomic E-state index is 0.692. The smallest absolute Gasteiger partial charge is 0.131 e. The van der Waals surface area contributed by atoms with E-state index in [1.165, 1.54) is 42.8 Å². The van der Waals surface area contributed by atoms with Gasteiger partial charge < -0.3 is 10.2 Å². The lowest BCUT2D eigenvalue weighted by molar-refractivity contribution is 0.551. The molecular formula is C18H31N3.